The number of carbonyl (C=O) groups excluding carboxylic acids is 3. The third-order valence-corrected chi connectivity index (χ3v) is 6.26. The number of halogens is 3. The molecule has 0 atom stereocenters. The number of anilines is 3. The minimum atomic E-state index is -4.83. The molecule has 0 radical (unpaired) electrons. The van der Waals surface area contributed by atoms with Crippen molar-refractivity contribution in [3.05, 3.63) is 66.2 Å². The van der Waals surface area contributed by atoms with Gasteiger partial charge in [-0.3, -0.25) is 14.3 Å². The number of benzene rings is 2. The van der Waals surface area contributed by atoms with Crippen molar-refractivity contribution in [1.29, 1.82) is 0 Å². The summed E-state index contributed by atoms with van der Waals surface area (Å²) in [5.74, 6) is -0.760. The smallest absolute Gasteiger partial charge is 0.416 e. The molecule has 244 valence electrons. The highest BCUT2D eigenvalue weighted by atomic mass is 19.4. The molecule has 4 amide bonds. The number of hydrogen-bond donors (Lipinski definition) is 5. The maximum atomic E-state index is 13.5. The van der Waals surface area contributed by atoms with E-state index in [0.717, 1.165) is 6.07 Å². The van der Waals surface area contributed by atoms with Gasteiger partial charge in [0.2, 0.25) is 0 Å². The number of fused-ring (bicyclic) bond motifs is 1. The standard InChI is InChI=1S/C29H31F3N8O6/c1-28(2,3)46-27(45)39(4)23-22-24(34-14-33-23)40(15-35-22)21-7-5-18(6-8-21)37-26(44)38-19-10-16(9-17(11-19)29(30,31)32)25(43)36-20(12-41)13-42/h5-11,14-15,20,41-42H,12-13H2,1-4H3,(H,36,43)(H2,37,38,44). The summed E-state index contributed by atoms with van der Waals surface area (Å²) >= 11 is 0. The molecule has 0 aliphatic carbocycles. The molecule has 5 N–H and O–H groups in total. The number of alkyl halides is 3. The summed E-state index contributed by atoms with van der Waals surface area (Å²) in [4.78, 5) is 51.7. The monoisotopic (exact) mass is 644 g/mol. The summed E-state index contributed by atoms with van der Waals surface area (Å²) in [6.45, 7) is 3.95. The second-order valence-corrected chi connectivity index (χ2v) is 11.0. The van der Waals surface area contributed by atoms with Crippen LogP contribution in [0, 0.1) is 0 Å². The van der Waals surface area contributed by atoms with Crippen LogP contribution in [0.15, 0.2) is 55.1 Å². The van der Waals surface area contributed by atoms with Gasteiger partial charge in [0.05, 0.1) is 24.8 Å². The zero-order valence-corrected chi connectivity index (χ0v) is 25.1. The molecular weight excluding hydrogens is 613 g/mol. The molecule has 0 bridgehead atoms. The first-order valence-electron chi connectivity index (χ1n) is 13.7. The van der Waals surface area contributed by atoms with Crippen LogP contribution in [-0.4, -0.2) is 79.7 Å². The molecule has 14 nitrogen and oxygen atoms in total. The van der Waals surface area contributed by atoms with E-state index in [9.17, 15) is 27.6 Å². The number of ether oxygens (including phenoxy) is 1. The van der Waals surface area contributed by atoms with Crippen molar-refractivity contribution < 1.29 is 42.5 Å². The van der Waals surface area contributed by atoms with Gasteiger partial charge < -0.3 is 30.9 Å². The molecule has 0 saturated heterocycles. The summed E-state index contributed by atoms with van der Waals surface area (Å²) < 4.78 is 47.6. The highest BCUT2D eigenvalue weighted by Crippen LogP contribution is 2.32. The van der Waals surface area contributed by atoms with E-state index >= 15 is 0 Å². The maximum absolute atomic E-state index is 13.5. The fraction of sp³-hybridized carbons (Fsp3) is 0.310. The van der Waals surface area contributed by atoms with E-state index in [2.05, 4.69) is 30.9 Å². The Balaban J connectivity index is 1.50. The number of hydrogen-bond acceptors (Lipinski definition) is 9. The lowest BCUT2D eigenvalue weighted by Crippen LogP contribution is -2.40. The average Bonchev–Trinajstić information content (AvgIpc) is 3.42. The van der Waals surface area contributed by atoms with Gasteiger partial charge in [-0.15, -0.1) is 0 Å². The fourth-order valence-electron chi connectivity index (χ4n) is 4.08. The Bertz CT molecular complexity index is 1730. The Morgan fingerprint density at radius 1 is 0.957 bits per heavy atom. The Kier molecular flexibility index (Phi) is 9.77. The maximum Gasteiger partial charge on any atom is 0.416 e. The summed E-state index contributed by atoms with van der Waals surface area (Å²) in [6.07, 6.45) is -2.71. The van der Waals surface area contributed by atoms with Gasteiger partial charge in [0.15, 0.2) is 17.0 Å². The summed E-state index contributed by atoms with van der Waals surface area (Å²) in [5.41, 5.74) is -1.11. The number of nitrogens with one attached hydrogen (secondary N) is 3. The molecule has 0 aliphatic heterocycles. The van der Waals surface area contributed by atoms with Crippen molar-refractivity contribution >= 4 is 46.4 Å². The molecule has 0 unspecified atom stereocenters. The molecule has 0 saturated carbocycles. The van der Waals surface area contributed by atoms with E-state index in [1.54, 1.807) is 37.5 Å². The van der Waals surface area contributed by atoms with E-state index in [0.29, 0.717) is 29.0 Å². The minimum Gasteiger partial charge on any atom is -0.443 e. The lowest BCUT2D eigenvalue weighted by molar-refractivity contribution is -0.137. The summed E-state index contributed by atoms with van der Waals surface area (Å²) in [5, 5.41) is 25.3. The van der Waals surface area contributed by atoms with Crippen LogP contribution in [0.25, 0.3) is 16.9 Å². The molecule has 2 heterocycles. The van der Waals surface area contributed by atoms with Crippen molar-refractivity contribution in [2.24, 2.45) is 0 Å². The van der Waals surface area contributed by atoms with Gasteiger partial charge in [0.25, 0.3) is 5.91 Å². The third kappa shape index (κ3) is 8.05. The van der Waals surface area contributed by atoms with Crippen molar-refractivity contribution in [2.45, 2.75) is 38.6 Å². The molecule has 46 heavy (non-hydrogen) atoms. The number of imidazole rings is 1. The van der Waals surface area contributed by atoms with Crippen LogP contribution in [0.3, 0.4) is 0 Å². The summed E-state index contributed by atoms with van der Waals surface area (Å²) in [6, 6.07) is 6.62. The highest BCUT2D eigenvalue weighted by molar-refractivity contribution is 6.02. The third-order valence-electron chi connectivity index (χ3n) is 6.26. The number of urea groups is 1. The first kappa shape index (κ1) is 33.6. The average molecular weight is 645 g/mol. The van der Waals surface area contributed by atoms with Gasteiger partial charge in [0.1, 0.15) is 18.3 Å². The van der Waals surface area contributed by atoms with Crippen molar-refractivity contribution in [3.8, 4) is 5.69 Å². The van der Waals surface area contributed by atoms with Crippen LogP contribution in [0.1, 0.15) is 36.7 Å². The van der Waals surface area contributed by atoms with E-state index in [1.165, 1.54) is 36.7 Å². The first-order valence-corrected chi connectivity index (χ1v) is 13.7. The number of aliphatic hydroxyl groups excluding tert-OH is 2. The number of aliphatic hydroxyl groups is 2. The lowest BCUT2D eigenvalue weighted by atomic mass is 10.1. The minimum absolute atomic E-state index is 0.227. The van der Waals surface area contributed by atoms with Crippen LogP contribution in [0.5, 0.6) is 0 Å². The van der Waals surface area contributed by atoms with Crippen LogP contribution in [0.2, 0.25) is 0 Å². The number of carbonyl (C=O) groups is 3. The van der Waals surface area contributed by atoms with Gasteiger partial charge in [-0.05, 0) is 63.2 Å². The van der Waals surface area contributed by atoms with Gasteiger partial charge in [-0.2, -0.15) is 13.2 Å². The van der Waals surface area contributed by atoms with Gasteiger partial charge >= 0.3 is 18.3 Å². The second-order valence-electron chi connectivity index (χ2n) is 11.0. The molecule has 2 aromatic heterocycles. The number of rotatable bonds is 8. The van der Waals surface area contributed by atoms with Crippen molar-refractivity contribution in [2.75, 3.05) is 35.8 Å². The normalized spacial score (nSPS) is 11.8. The van der Waals surface area contributed by atoms with Crippen LogP contribution in [0.4, 0.5) is 40.0 Å². The van der Waals surface area contributed by atoms with E-state index < -0.39 is 60.2 Å². The van der Waals surface area contributed by atoms with Crippen LogP contribution in [-0.2, 0) is 10.9 Å². The Morgan fingerprint density at radius 2 is 1.61 bits per heavy atom. The molecule has 4 rings (SSSR count). The van der Waals surface area contributed by atoms with Gasteiger partial charge in [0, 0.05) is 29.7 Å². The van der Waals surface area contributed by atoms with Gasteiger partial charge in [-0.25, -0.2) is 24.5 Å². The molecule has 2 aromatic carbocycles. The molecular formula is C29H31F3N8O6. The van der Waals surface area contributed by atoms with Crippen LogP contribution < -0.4 is 20.9 Å². The molecule has 0 spiro atoms. The molecule has 17 heteroatoms. The number of amides is 4. The zero-order valence-electron chi connectivity index (χ0n) is 25.1. The van der Waals surface area contributed by atoms with E-state index in [-0.39, 0.29) is 17.2 Å². The molecule has 0 fully saturated rings. The number of nitrogens with zero attached hydrogens (tertiary/aromatic N) is 5. The van der Waals surface area contributed by atoms with Crippen molar-refractivity contribution in [1.82, 2.24) is 24.8 Å². The topological polar surface area (TPSA) is 184 Å². The van der Waals surface area contributed by atoms with E-state index in [1.807, 2.05) is 0 Å². The fourth-order valence-corrected chi connectivity index (χ4v) is 4.08. The summed E-state index contributed by atoms with van der Waals surface area (Å²) in [7, 11) is 1.50. The Hall–Kier alpha value is -5.29. The Labute approximate surface area is 260 Å². The van der Waals surface area contributed by atoms with E-state index in [4.69, 9.17) is 14.9 Å². The van der Waals surface area contributed by atoms with Crippen LogP contribution >= 0.6 is 0 Å². The second kappa shape index (κ2) is 13.4. The highest BCUT2D eigenvalue weighted by Gasteiger charge is 2.32. The zero-order chi connectivity index (χ0) is 33.8. The lowest BCUT2D eigenvalue weighted by Gasteiger charge is -2.24. The SMILES string of the molecule is CN(C(=O)OC(C)(C)C)c1ncnc2c1ncn2-c1ccc(NC(=O)Nc2cc(C(=O)NC(CO)CO)cc(C(F)(F)F)c2)cc1. The first-order chi connectivity index (χ1) is 21.6. The van der Waals surface area contributed by atoms with Crippen molar-refractivity contribution in [3.63, 3.8) is 0 Å². The predicted octanol–water partition coefficient (Wildman–Crippen LogP) is 3.93. The van der Waals surface area contributed by atoms with Gasteiger partial charge in [-0.1, -0.05) is 0 Å². The Morgan fingerprint density at radius 3 is 2.22 bits per heavy atom. The predicted molar refractivity (Wildman–Crippen MR) is 161 cm³/mol. The molecule has 4 aromatic rings. The quantitative estimate of drug-likeness (QED) is 0.190. The largest absolute Gasteiger partial charge is 0.443 e. The molecule has 0 aliphatic rings. The number of aromatic nitrogens is 4.